The summed E-state index contributed by atoms with van der Waals surface area (Å²) in [5.74, 6) is 0.394. The van der Waals surface area contributed by atoms with E-state index in [0.29, 0.717) is 18.7 Å². The lowest BCUT2D eigenvalue weighted by molar-refractivity contribution is -0.120. The second kappa shape index (κ2) is 5.29. The van der Waals surface area contributed by atoms with Crippen LogP contribution in [0.3, 0.4) is 0 Å². The summed E-state index contributed by atoms with van der Waals surface area (Å²) in [4.78, 5) is 11.7. The molecule has 0 radical (unpaired) electrons. The van der Waals surface area contributed by atoms with Crippen LogP contribution in [-0.4, -0.2) is 17.2 Å². The van der Waals surface area contributed by atoms with Crippen LogP contribution in [0.1, 0.15) is 19.3 Å². The van der Waals surface area contributed by atoms with Crippen LogP contribution in [0.5, 0.6) is 0 Å². The molecule has 0 amide bonds. The number of carbonyl (C=O) groups is 1. The van der Waals surface area contributed by atoms with Crippen LogP contribution in [0, 0.1) is 0 Å². The highest BCUT2D eigenvalue weighted by atomic mass is 35.5. The minimum atomic E-state index is -0.826. The molecule has 82 valence electrons. The lowest BCUT2D eigenvalue weighted by Gasteiger charge is -2.24. The number of halogens is 1. The van der Waals surface area contributed by atoms with Gasteiger partial charge in [0.15, 0.2) is 5.78 Å². The van der Waals surface area contributed by atoms with Crippen LogP contribution >= 0.6 is 11.6 Å². The Morgan fingerprint density at radius 1 is 1.60 bits per heavy atom. The van der Waals surface area contributed by atoms with E-state index >= 15 is 0 Å². The molecular formula is C12H16ClNO. The van der Waals surface area contributed by atoms with Gasteiger partial charge in [0.05, 0.1) is 5.54 Å². The Morgan fingerprint density at radius 3 is 2.80 bits per heavy atom. The summed E-state index contributed by atoms with van der Waals surface area (Å²) in [7, 11) is 0. The number of ketones is 1. The van der Waals surface area contributed by atoms with E-state index in [-0.39, 0.29) is 5.78 Å². The van der Waals surface area contributed by atoms with Crippen molar-refractivity contribution in [1.29, 1.82) is 0 Å². The lowest BCUT2D eigenvalue weighted by Crippen LogP contribution is -2.46. The molecule has 0 heterocycles. The second-order valence-electron chi connectivity index (χ2n) is 3.69. The summed E-state index contributed by atoms with van der Waals surface area (Å²) >= 11 is 5.82. The molecule has 1 unspecified atom stereocenters. The van der Waals surface area contributed by atoms with E-state index in [0.717, 1.165) is 12.0 Å². The number of alkyl halides is 1. The molecule has 0 saturated heterocycles. The third-order valence-corrected chi connectivity index (χ3v) is 3.02. The predicted molar refractivity (Wildman–Crippen MR) is 63.9 cm³/mol. The molecule has 0 aliphatic heterocycles. The van der Waals surface area contributed by atoms with Crippen molar-refractivity contribution in [3.63, 3.8) is 0 Å². The van der Waals surface area contributed by atoms with Crippen LogP contribution in [0.15, 0.2) is 36.5 Å². The highest BCUT2D eigenvalue weighted by molar-refractivity contribution is 6.20. The van der Waals surface area contributed by atoms with Gasteiger partial charge in [-0.05, 0) is 18.4 Å². The molecule has 1 aliphatic rings. The van der Waals surface area contributed by atoms with Gasteiger partial charge in [-0.2, -0.15) is 0 Å². The van der Waals surface area contributed by atoms with E-state index in [1.165, 1.54) is 0 Å². The van der Waals surface area contributed by atoms with Gasteiger partial charge < -0.3 is 5.73 Å². The van der Waals surface area contributed by atoms with Gasteiger partial charge in [-0.1, -0.05) is 30.9 Å². The highest BCUT2D eigenvalue weighted by Gasteiger charge is 2.40. The Hall–Kier alpha value is -0.860. The molecule has 1 saturated carbocycles. The Bertz CT molecular complexity index is 320. The molecule has 15 heavy (non-hydrogen) atoms. The third kappa shape index (κ3) is 2.58. The van der Waals surface area contributed by atoms with Crippen molar-refractivity contribution in [3.8, 4) is 0 Å². The smallest absolute Gasteiger partial charge is 0.156 e. The van der Waals surface area contributed by atoms with Crippen molar-refractivity contribution in [2.45, 2.75) is 24.8 Å². The first-order chi connectivity index (χ1) is 7.15. The SMILES string of the molecule is C=C/C=C\C=C(/CCl)C1(N)CCCC1=O. The fourth-order valence-electron chi connectivity index (χ4n) is 1.79. The van der Waals surface area contributed by atoms with Crippen molar-refractivity contribution in [2.24, 2.45) is 5.73 Å². The van der Waals surface area contributed by atoms with Gasteiger partial charge in [0.1, 0.15) is 0 Å². The lowest BCUT2D eigenvalue weighted by atomic mass is 9.89. The number of Topliss-reactive ketones (excluding diaryl/α,β-unsaturated/α-hetero) is 1. The summed E-state index contributed by atoms with van der Waals surface area (Å²) < 4.78 is 0. The summed E-state index contributed by atoms with van der Waals surface area (Å²) in [6.45, 7) is 3.57. The van der Waals surface area contributed by atoms with Crippen LogP contribution in [0.4, 0.5) is 0 Å². The van der Waals surface area contributed by atoms with Crippen LogP contribution < -0.4 is 5.73 Å². The summed E-state index contributed by atoms with van der Waals surface area (Å²) in [5.41, 5.74) is 6.05. The summed E-state index contributed by atoms with van der Waals surface area (Å²) in [5, 5.41) is 0. The maximum atomic E-state index is 11.7. The van der Waals surface area contributed by atoms with Crippen molar-refractivity contribution in [3.05, 3.63) is 36.5 Å². The van der Waals surface area contributed by atoms with E-state index < -0.39 is 5.54 Å². The van der Waals surface area contributed by atoms with Crippen molar-refractivity contribution in [1.82, 2.24) is 0 Å². The molecule has 0 bridgehead atoms. The molecule has 1 atom stereocenters. The maximum absolute atomic E-state index is 11.7. The molecule has 0 spiro atoms. The fourth-order valence-corrected chi connectivity index (χ4v) is 2.12. The van der Waals surface area contributed by atoms with E-state index in [4.69, 9.17) is 17.3 Å². The zero-order chi connectivity index (χ0) is 11.3. The largest absolute Gasteiger partial charge is 0.315 e. The molecule has 3 heteroatoms. The number of nitrogens with two attached hydrogens (primary N) is 1. The molecule has 1 aliphatic carbocycles. The molecule has 1 fully saturated rings. The van der Waals surface area contributed by atoms with Gasteiger partial charge in [-0.15, -0.1) is 11.6 Å². The number of hydrogen-bond donors (Lipinski definition) is 1. The van der Waals surface area contributed by atoms with Gasteiger partial charge in [0.2, 0.25) is 0 Å². The third-order valence-electron chi connectivity index (χ3n) is 2.73. The zero-order valence-corrected chi connectivity index (χ0v) is 9.46. The first-order valence-corrected chi connectivity index (χ1v) is 5.55. The van der Waals surface area contributed by atoms with Crippen LogP contribution in [0.2, 0.25) is 0 Å². The minimum absolute atomic E-state index is 0.0985. The second-order valence-corrected chi connectivity index (χ2v) is 3.96. The topological polar surface area (TPSA) is 43.1 Å². The molecule has 2 nitrogen and oxygen atoms in total. The average molecular weight is 226 g/mol. The monoisotopic (exact) mass is 225 g/mol. The van der Waals surface area contributed by atoms with Gasteiger partial charge in [0, 0.05) is 12.3 Å². The average Bonchev–Trinajstić information content (AvgIpc) is 2.55. The Labute approximate surface area is 95.5 Å². The minimum Gasteiger partial charge on any atom is -0.315 e. The first kappa shape index (κ1) is 12.2. The van der Waals surface area contributed by atoms with Gasteiger partial charge >= 0.3 is 0 Å². The highest BCUT2D eigenvalue weighted by Crippen LogP contribution is 2.31. The molecule has 1 rings (SSSR count). The van der Waals surface area contributed by atoms with Gasteiger partial charge in [0.25, 0.3) is 0 Å². The Kier molecular flexibility index (Phi) is 4.30. The maximum Gasteiger partial charge on any atom is 0.156 e. The Balaban J connectivity index is 2.90. The molecule has 2 N–H and O–H groups in total. The van der Waals surface area contributed by atoms with Crippen molar-refractivity contribution >= 4 is 17.4 Å². The van der Waals surface area contributed by atoms with E-state index in [1.807, 2.05) is 12.2 Å². The Morgan fingerprint density at radius 2 is 2.33 bits per heavy atom. The number of allylic oxidation sites excluding steroid dienone is 4. The number of carbonyl (C=O) groups excluding carboxylic acids is 1. The molecule has 0 aromatic rings. The summed E-state index contributed by atoms with van der Waals surface area (Å²) in [6, 6.07) is 0. The molecule has 0 aromatic heterocycles. The van der Waals surface area contributed by atoms with E-state index in [9.17, 15) is 4.79 Å². The quantitative estimate of drug-likeness (QED) is 0.590. The predicted octanol–water partition coefficient (Wildman–Crippen LogP) is 2.34. The van der Waals surface area contributed by atoms with Crippen molar-refractivity contribution < 1.29 is 4.79 Å². The van der Waals surface area contributed by atoms with Gasteiger partial charge in [-0.25, -0.2) is 0 Å². The normalized spacial score (nSPS) is 27.6. The van der Waals surface area contributed by atoms with E-state index in [1.54, 1.807) is 12.2 Å². The fraction of sp³-hybridized carbons (Fsp3) is 0.417. The zero-order valence-electron chi connectivity index (χ0n) is 8.71. The molecular weight excluding hydrogens is 210 g/mol. The summed E-state index contributed by atoms with van der Waals surface area (Å²) in [6.07, 6.45) is 9.21. The number of hydrogen-bond acceptors (Lipinski definition) is 2. The molecule has 0 aromatic carbocycles. The first-order valence-electron chi connectivity index (χ1n) is 5.02. The van der Waals surface area contributed by atoms with Crippen LogP contribution in [-0.2, 0) is 4.79 Å². The van der Waals surface area contributed by atoms with Crippen molar-refractivity contribution in [2.75, 3.05) is 5.88 Å². The van der Waals surface area contributed by atoms with Gasteiger partial charge in [-0.3, -0.25) is 4.79 Å². The van der Waals surface area contributed by atoms with E-state index in [2.05, 4.69) is 6.58 Å². The standard InChI is InChI=1S/C12H16ClNO/c1-2-3-4-6-10(9-13)12(14)8-5-7-11(12)15/h2-4,6H,1,5,7-9,14H2/b4-3-,10-6+. The number of rotatable bonds is 4. The van der Waals surface area contributed by atoms with Crippen LogP contribution in [0.25, 0.3) is 0 Å².